The van der Waals surface area contributed by atoms with Crippen molar-refractivity contribution >= 4 is 23.1 Å². The topological polar surface area (TPSA) is 93.4 Å². The minimum Gasteiger partial charge on any atom is -0.497 e. The molecule has 0 fully saturated rings. The van der Waals surface area contributed by atoms with Crippen molar-refractivity contribution in [3.05, 3.63) is 78.4 Å². The van der Waals surface area contributed by atoms with Gasteiger partial charge in [0.2, 0.25) is 0 Å². The van der Waals surface area contributed by atoms with Gasteiger partial charge in [0, 0.05) is 30.8 Å². The molecule has 0 aliphatic heterocycles. The van der Waals surface area contributed by atoms with Crippen LogP contribution in [0.1, 0.15) is 15.9 Å². The Bertz CT molecular complexity index is 1090. The van der Waals surface area contributed by atoms with Gasteiger partial charge in [0.15, 0.2) is 5.65 Å². The van der Waals surface area contributed by atoms with Crippen molar-refractivity contribution in [2.75, 3.05) is 17.7 Å². The lowest BCUT2D eigenvalue weighted by molar-refractivity contribution is 0.102. The third kappa shape index (κ3) is 3.75. The first-order valence-corrected chi connectivity index (χ1v) is 8.65. The van der Waals surface area contributed by atoms with Gasteiger partial charge in [0.25, 0.3) is 5.91 Å². The van der Waals surface area contributed by atoms with Gasteiger partial charge in [-0.05, 0) is 42.0 Å². The number of nitrogens with zero attached hydrogens (tertiary/aromatic N) is 4. The van der Waals surface area contributed by atoms with Crippen LogP contribution in [0.4, 0.5) is 11.5 Å². The van der Waals surface area contributed by atoms with Crippen molar-refractivity contribution in [1.82, 2.24) is 19.6 Å². The highest BCUT2D eigenvalue weighted by atomic mass is 16.5. The summed E-state index contributed by atoms with van der Waals surface area (Å²) in [4.78, 5) is 21.3. The summed E-state index contributed by atoms with van der Waals surface area (Å²) in [5.74, 6) is 1.09. The number of amides is 1. The van der Waals surface area contributed by atoms with Gasteiger partial charge in [0.1, 0.15) is 17.1 Å². The molecule has 4 rings (SSSR count). The highest BCUT2D eigenvalue weighted by Crippen LogP contribution is 2.18. The molecule has 3 aromatic heterocycles. The smallest absolute Gasteiger partial charge is 0.261 e. The Morgan fingerprint density at radius 2 is 2.00 bits per heavy atom. The number of fused-ring (bicyclic) bond motifs is 1. The zero-order valence-electron chi connectivity index (χ0n) is 15.2. The van der Waals surface area contributed by atoms with Gasteiger partial charge >= 0.3 is 0 Å². The number of benzene rings is 1. The van der Waals surface area contributed by atoms with Gasteiger partial charge in [-0.3, -0.25) is 9.78 Å². The summed E-state index contributed by atoms with van der Waals surface area (Å²) in [6.45, 7) is 0.582. The minimum absolute atomic E-state index is 0.280. The summed E-state index contributed by atoms with van der Waals surface area (Å²) < 4.78 is 6.69. The van der Waals surface area contributed by atoms with E-state index in [9.17, 15) is 4.79 Å². The molecule has 0 spiro atoms. The predicted octanol–water partition coefficient (Wildman–Crippen LogP) is 3.00. The van der Waals surface area contributed by atoms with Crippen LogP contribution in [0.5, 0.6) is 5.75 Å². The van der Waals surface area contributed by atoms with E-state index in [0.717, 1.165) is 11.3 Å². The molecule has 0 bridgehead atoms. The van der Waals surface area contributed by atoms with Crippen molar-refractivity contribution in [2.45, 2.75) is 6.54 Å². The van der Waals surface area contributed by atoms with Crippen LogP contribution >= 0.6 is 0 Å². The van der Waals surface area contributed by atoms with Gasteiger partial charge in [-0.1, -0.05) is 6.07 Å². The molecule has 28 heavy (non-hydrogen) atoms. The fourth-order valence-corrected chi connectivity index (χ4v) is 2.70. The number of hydrogen-bond donors (Lipinski definition) is 2. The fourth-order valence-electron chi connectivity index (χ4n) is 2.70. The van der Waals surface area contributed by atoms with Crippen LogP contribution in [0.15, 0.2) is 67.3 Å². The third-order valence-electron chi connectivity index (χ3n) is 4.16. The molecule has 0 saturated carbocycles. The Morgan fingerprint density at radius 1 is 1.14 bits per heavy atom. The van der Waals surface area contributed by atoms with Crippen LogP contribution in [0, 0.1) is 0 Å². The van der Waals surface area contributed by atoms with Gasteiger partial charge < -0.3 is 15.4 Å². The molecule has 4 aromatic rings. The number of rotatable bonds is 6. The number of methoxy groups -OCH3 is 1. The van der Waals surface area contributed by atoms with E-state index < -0.39 is 0 Å². The van der Waals surface area contributed by atoms with E-state index in [2.05, 4.69) is 25.7 Å². The predicted molar refractivity (Wildman–Crippen MR) is 105 cm³/mol. The molecule has 8 heteroatoms. The van der Waals surface area contributed by atoms with E-state index in [4.69, 9.17) is 4.74 Å². The lowest BCUT2D eigenvalue weighted by Gasteiger charge is -2.07. The molecule has 1 aromatic carbocycles. The lowest BCUT2D eigenvalue weighted by Crippen LogP contribution is -2.12. The molecule has 8 nitrogen and oxygen atoms in total. The highest BCUT2D eigenvalue weighted by molar-refractivity contribution is 6.08. The Hall–Kier alpha value is -3.94. The first-order valence-electron chi connectivity index (χ1n) is 8.65. The number of pyridine rings is 1. The van der Waals surface area contributed by atoms with Crippen LogP contribution in [0.2, 0.25) is 0 Å². The fraction of sp³-hybridized carbons (Fsp3) is 0.100. The van der Waals surface area contributed by atoms with Crippen LogP contribution in [0.25, 0.3) is 5.65 Å². The Balaban J connectivity index is 1.52. The third-order valence-corrected chi connectivity index (χ3v) is 4.16. The highest BCUT2D eigenvalue weighted by Gasteiger charge is 2.15. The number of carbonyl (C=O) groups is 1. The molecule has 2 N–H and O–H groups in total. The number of aromatic nitrogens is 4. The molecule has 1 amide bonds. The maximum atomic E-state index is 12.7. The second kappa shape index (κ2) is 7.75. The maximum Gasteiger partial charge on any atom is 0.261 e. The standard InChI is InChI=1S/C20H18N6O2/c1-28-16-6-4-15(5-7-16)24-20(27)17-13-23-26-10-8-18(25-19(17)26)22-12-14-3-2-9-21-11-14/h2-11,13H,12H2,1H3,(H,22,25)(H,24,27). The zero-order chi connectivity index (χ0) is 19.3. The van der Waals surface area contributed by atoms with Gasteiger partial charge in [0.05, 0.1) is 13.3 Å². The van der Waals surface area contributed by atoms with Crippen LogP contribution in [-0.4, -0.2) is 32.6 Å². The number of ether oxygens (including phenoxy) is 1. The zero-order valence-corrected chi connectivity index (χ0v) is 15.2. The SMILES string of the molecule is COc1ccc(NC(=O)c2cnn3ccc(NCc4cccnc4)nc23)cc1. The number of carbonyl (C=O) groups excluding carboxylic acids is 1. The average Bonchev–Trinajstić information content (AvgIpc) is 3.17. The van der Waals surface area contributed by atoms with Gasteiger partial charge in [-0.15, -0.1) is 0 Å². The van der Waals surface area contributed by atoms with E-state index in [0.29, 0.717) is 29.3 Å². The molecule has 0 aliphatic rings. The summed E-state index contributed by atoms with van der Waals surface area (Å²) in [5.41, 5.74) is 2.56. The number of nitrogens with one attached hydrogen (secondary N) is 2. The normalized spacial score (nSPS) is 10.6. The summed E-state index contributed by atoms with van der Waals surface area (Å²) in [6.07, 6.45) is 6.79. The van der Waals surface area contributed by atoms with Crippen LogP contribution in [-0.2, 0) is 6.54 Å². The summed E-state index contributed by atoms with van der Waals surface area (Å²) in [5, 5.41) is 10.3. The van der Waals surface area contributed by atoms with Crippen molar-refractivity contribution < 1.29 is 9.53 Å². The second-order valence-electron chi connectivity index (χ2n) is 6.04. The van der Waals surface area contributed by atoms with Crippen LogP contribution < -0.4 is 15.4 Å². The van der Waals surface area contributed by atoms with Crippen molar-refractivity contribution in [3.8, 4) is 5.75 Å². The van der Waals surface area contributed by atoms with Gasteiger partial charge in [-0.2, -0.15) is 5.10 Å². The molecule has 0 aliphatic carbocycles. The molecule has 0 radical (unpaired) electrons. The first-order chi connectivity index (χ1) is 13.7. The van der Waals surface area contributed by atoms with E-state index in [1.54, 1.807) is 54.5 Å². The van der Waals surface area contributed by atoms with Crippen molar-refractivity contribution in [3.63, 3.8) is 0 Å². The molecule has 0 atom stereocenters. The largest absolute Gasteiger partial charge is 0.497 e. The summed E-state index contributed by atoms with van der Waals surface area (Å²) in [7, 11) is 1.60. The maximum absolute atomic E-state index is 12.7. The number of anilines is 2. The molecular formula is C20H18N6O2. The summed E-state index contributed by atoms with van der Waals surface area (Å²) in [6, 6.07) is 12.8. The van der Waals surface area contributed by atoms with Gasteiger partial charge in [-0.25, -0.2) is 9.50 Å². The number of hydrogen-bond acceptors (Lipinski definition) is 6. The minimum atomic E-state index is -0.280. The Kier molecular flexibility index (Phi) is 4.83. The Labute approximate surface area is 161 Å². The van der Waals surface area contributed by atoms with Crippen molar-refractivity contribution in [2.24, 2.45) is 0 Å². The molecule has 0 saturated heterocycles. The summed E-state index contributed by atoms with van der Waals surface area (Å²) >= 11 is 0. The molecule has 140 valence electrons. The average molecular weight is 374 g/mol. The van der Waals surface area contributed by atoms with E-state index in [-0.39, 0.29) is 5.91 Å². The monoisotopic (exact) mass is 374 g/mol. The van der Waals surface area contributed by atoms with E-state index >= 15 is 0 Å². The molecule has 0 unspecified atom stereocenters. The molecule has 3 heterocycles. The first kappa shape index (κ1) is 17.5. The Morgan fingerprint density at radius 3 is 2.75 bits per heavy atom. The van der Waals surface area contributed by atoms with Crippen molar-refractivity contribution in [1.29, 1.82) is 0 Å². The second-order valence-corrected chi connectivity index (χ2v) is 6.04. The van der Waals surface area contributed by atoms with E-state index in [1.807, 2.05) is 18.2 Å². The lowest BCUT2D eigenvalue weighted by atomic mass is 10.2. The molecular weight excluding hydrogens is 356 g/mol. The quantitative estimate of drug-likeness (QED) is 0.539. The van der Waals surface area contributed by atoms with E-state index in [1.165, 1.54) is 6.20 Å². The van der Waals surface area contributed by atoms with Crippen LogP contribution in [0.3, 0.4) is 0 Å².